The lowest BCUT2D eigenvalue weighted by molar-refractivity contribution is 0.669. The molecule has 6 nitrogen and oxygen atoms in total. The van der Waals surface area contributed by atoms with Crippen LogP contribution in [0, 0.1) is 0 Å². The number of fused-ring (bicyclic) bond motifs is 11. The molecule has 0 aliphatic rings. The number of furan rings is 1. The van der Waals surface area contributed by atoms with Crippen molar-refractivity contribution in [1.82, 2.24) is 24.1 Å². The van der Waals surface area contributed by atoms with E-state index in [2.05, 4.69) is 179 Å². The Morgan fingerprint density at radius 3 is 1.56 bits per heavy atom. The summed E-state index contributed by atoms with van der Waals surface area (Å²) >= 11 is 0. The van der Waals surface area contributed by atoms with E-state index in [0.29, 0.717) is 17.6 Å². The van der Waals surface area contributed by atoms with Crippen LogP contribution in [0.25, 0.3) is 122 Å². The molecule has 0 radical (unpaired) electrons. The monoisotopic (exact) mass is 779 g/mol. The highest BCUT2D eigenvalue weighted by Crippen LogP contribution is 2.41. The molecule has 0 N–H and O–H groups in total. The first-order valence-electron chi connectivity index (χ1n) is 20.5. The van der Waals surface area contributed by atoms with E-state index >= 15 is 0 Å². The quantitative estimate of drug-likeness (QED) is 0.175. The van der Waals surface area contributed by atoms with Crippen LogP contribution in [0.15, 0.2) is 205 Å². The van der Waals surface area contributed by atoms with E-state index in [1.165, 1.54) is 21.8 Å². The van der Waals surface area contributed by atoms with Crippen molar-refractivity contribution < 1.29 is 4.42 Å². The standard InChI is InChI=1S/C55H33N5O/c1-3-15-34(16-4-1)53-56-54(45-33-51-52(41-22-8-7-19-38(41)45)42-23-11-14-26-50(42)61-51)58-55(57-53)60-47-25-13-10-21-40(47)44-32-36(28-30-49(44)60)35-27-29-48-43(31-35)39-20-9-12-24-46(39)59(48)37-17-5-2-6-18-37/h1-33H. The highest BCUT2D eigenvalue weighted by molar-refractivity contribution is 6.22. The van der Waals surface area contributed by atoms with Gasteiger partial charge >= 0.3 is 0 Å². The minimum atomic E-state index is 0.548. The van der Waals surface area contributed by atoms with Gasteiger partial charge in [0.1, 0.15) is 11.2 Å². The molecule has 0 saturated carbocycles. The minimum Gasteiger partial charge on any atom is -0.456 e. The number of hydrogen-bond acceptors (Lipinski definition) is 4. The van der Waals surface area contributed by atoms with Crippen LogP contribution >= 0.6 is 0 Å². The van der Waals surface area contributed by atoms with Crippen LogP contribution in [-0.4, -0.2) is 24.1 Å². The molecule has 9 aromatic carbocycles. The summed E-state index contributed by atoms with van der Waals surface area (Å²) in [6.45, 7) is 0. The summed E-state index contributed by atoms with van der Waals surface area (Å²) in [6, 6.07) is 70.3. The summed E-state index contributed by atoms with van der Waals surface area (Å²) in [7, 11) is 0. The smallest absolute Gasteiger partial charge is 0.238 e. The molecule has 284 valence electrons. The van der Waals surface area contributed by atoms with Crippen molar-refractivity contribution >= 4 is 76.3 Å². The van der Waals surface area contributed by atoms with Crippen LogP contribution < -0.4 is 0 Å². The van der Waals surface area contributed by atoms with Gasteiger partial charge in [-0.1, -0.05) is 140 Å². The lowest BCUT2D eigenvalue weighted by Crippen LogP contribution is -2.06. The fourth-order valence-corrected chi connectivity index (χ4v) is 9.45. The zero-order valence-corrected chi connectivity index (χ0v) is 32.7. The SMILES string of the molecule is c1ccc(-c2nc(-c3cc4oc5ccccc5c4c4ccccc34)nc(-n3c4ccccc4c4cc(-c5ccc6c(c5)c5ccccc5n6-c5ccccc5)ccc43)n2)cc1. The Morgan fingerprint density at radius 1 is 0.328 bits per heavy atom. The topological polar surface area (TPSA) is 61.7 Å². The fraction of sp³-hybridized carbons (Fsp3) is 0. The van der Waals surface area contributed by atoms with Gasteiger partial charge in [0.25, 0.3) is 0 Å². The third kappa shape index (κ3) is 5.12. The van der Waals surface area contributed by atoms with Crippen molar-refractivity contribution in [2.75, 3.05) is 0 Å². The van der Waals surface area contributed by atoms with Crippen molar-refractivity contribution in [1.29, 1.82) is 0 Å². The summed E-state index contributed by atoms with van der Waals surface area (Å²) in [5, 5.41) is 9.02. The van der Waals surface area contributed by atoms with Crippen molar-refractivity contribution in [3.63, 3.8) is 0 Å². The molecule has 4 aromatic heterocycles. The first-order chi connectivity index (χ1) is 30.2. The molecule has 0 aliphatic heterocycles. The lowest BCUT2D eigenvalue weighted by atomic mass is 9.98. The van der Waals surface area contributed by atoms with Crippen molar-refractivity contribution in [3.8, 4) is 45.5 Å². The van der Waals surface area contributed by atoms with Crippen LogP contribution in [0.3, 0.4) is 0 Å². The summed E-state index contributed by atoms with van der Waals surface area (Å²) in [5.41, 5.74) is 11.3. The summed E-state index contributed by atoms with van der Waals surface area (Å²) < 4.78 is 11.0. The first-order valence-corrected chi connectivity index (χ1v) is 20.5. The molecule has 0 spiro atoms. The van der Waals surface area contributed by atoms with E-state index in [4.69, 9.17) is 19.4 Å². The number of rotatable bonds is 5. The average Bonchev–Trinajstić information content (AvgIpc) is 3.99. The largest absolute Gasteiger partial charge is 0.456 e. The van der Waals surface area contributed by atoms with E-state index in [9.17, 15) is 0 Å². The fourth-order valence-electron chi connectivity index (χ4n) is 9.45. The van der Waals surface area contributed by atoms with Crippen LogP contribution in [0.1, 0.15) is 0 Å². The highest BCUT2D eigenvalue weighted by Gasteiger charge is 2.22. The molecule has 0 unspecified atom stereocenters. The van der Waals surface area contributed by atoms with E-state index in [1.54, 1.807) is 0 Å². The zero-order chi connectivity index (χ0) is 40.0. The Kier molecular flexibility index (Phi) is 7.21. The molecule has 0 bridgehead atoms. The lowest BCUT2D eigenvalue weighted by Gasteiger charge is -2.12. The third-order valence-electron chi connectivity index (χ3n) is 12.2. The molecule has 61 heavy (non-hydrogen) atoms. The van der Waals surface area contributed by atoms with Crippen molar-refractivity contribution in [2.45, 2.75) is 0 Å². The van der Waals surface area contributed by atoms with Gasteiger partial charge in [0.2, 0.25) is 5.95 Å². The van der Waals surface area contributed by atoms with Gasteiger partial charge in [-0.15, -0.1) is 0 Å². The predicted molar refractivity (Wildman–Crippen MR) is 250 cm³/mol. The molecule has 0 fully saturated rings. The summed E-state index contributed by atoms with van der Waals surface area (Å²) in [6.07, 6.45) is 0. The normalized spacial score (nSPS) is 11.9. The summed E-state index contributed by atoms with van der Waals surface area (Å²) in [5.74, 6) is 1.72. The molecular weight excluding hydrogens is 747 g/mol. The third-order valence-corrected chi connectivity index (χ3v) is 12.2. The number of nitrogens with zero attached hydrogens (tertiary/aromatic N) is 5. The Balaban J connectivity index is 1.03. The molecule has 4 heterocycles. The number of hydrogen-bond donors (Lipinski definition) is 0. The second kappa shape index (κ2) is 13.1. The Bertz CT molecular complexity index is 3880. The van der Waals surface area contributed by atoms with E-state index in [1.807, 2.05) is 30.3 Å². The molecule has 0 aliphatic carbocycles. The van der Waals surface area contributed by atoms with Crippen LogP contribution in [0.5, 0.6) is 0 Å². The Labute approximate surface area is 349 Å². The maximum atomic E-state index is 6.49. The van der Waals surface area contributed by atoms with Crippen molar-refractivity contribution in [3.05, 3.63) is 200 Å². The second-order valence-electron chi connectivity index (χ2n) is 15.6. The minimum absolute atomic E-state index is 0.548. The molecule has 13 aromatic rings. The molecule has 0 saturated heterocycles. The van der Waals surface area contributed by atoms with Crippen LogP contribution in [-0.2, 0) is 0 Å². The van der Waals surface area contributed by atoms with Gasteiger partial charge in [0, 0.05) is 49.1 Å². The van der Waals surface area contributed by atoms with Gasteiger partial charge in [-0.25, -0.2) is 4.98 Å². The van der Waals surface area contributed by atoms with Gasteiger partial charge in [0.15, 0.2) is 11.6 Å². The Morgan fingerprint density at radius 2 is 0.852 bits per heavy atom. The van der Waals surface area contributed by atoms with Gasteiger partial charge < -0.3 is 8.98 Å². The van der Waals surface area contributed by atoms with E-state index < -0.39 is 0 Å². The molecule has 0 amide bonds. The van der Waals surface area contributed by atoms with Gasteiger partial charge in [-0.2, -0.15) is 9.97 Å². The van der Waals surface area contributed by atoms with E-state index in [0.717, 1.165) is 82.5 Å². The molecular formula is C55H33N5O. The molecule has 0 atom stereocenters. The summed E-state index contributed by atoms with van der Waals surface area (Å²) in [4.78, 5) is 15.8. The second-order valence-corrected chi connectivity index (χ2v) is 15.6. The number of para-hydroxylation sites is 4. The zero-order valence-electron chi connectivity index (χ0n) is 32.7. The molecule has 6 heteroatoms. The predicted octanol–water partition coefficient (Wildman–Crippen LogP) is 14.1. The number of aromatic nitrogens is 5. The van der Waals surface area contributed by atoms with Crippen LogP contribution in [0.4, 0.5) is 0 Å². The van der Waals surface area contributed by atoms with Crippen molar-refractivity contribution in [2.24, 2.45) is 0 Å². The maximum absolute atomic E-state index is 6.49. The van der Waals surface area contributed by atoms with Gasteiger partial charge in [0.05, 0.1) is 22.1 Å². The van der Waals surface area contributed by atoms with E-state index in [-0.39, 0.29) is 0 Å². The number of benzene rings is 9. The average molecular weight is 780 g/mol. The van der Waals surface area contributed by atoms with Gasteiger partial charge in [-0.3, -0.25) is 4.57 Å². The highest BCUT2D eigenvalue weighted by atomic mass is 16.3. The van der Waals surface area contributed by atoms with Crippen LogP contribution in [0.2, 0.25) is 0 Å². The first kappa shape index (κ1) is 33.6. The molecule has 13 rings (SSSR count). The maximum Gasteiger partial charge on any atom is 0.238 e. The van der Waals surface area contributed by atoms with Gasteiger partial charge in [-0.05, 0) is 82.6 Å². The Hall–Kier alpha value is -8.35.